The minimum Gasteiger partial charge on any atom is -0.456 e. The van der Waals surface area contributed by atoms with Crippen molar-refractivity contribution in [3.63, 3.8) is 0 Å². The smallest absolute Gasteiger partial charge is 0.456 e. The quantitative estimate of drug-likeness (QED) is 0.729. The molecule has 0 bridgehead atoms. The van der Waals surface area contributed by atoms with Crippen molar-refractivity contribution in [3.8, 4) is 0 Å². The first-order valence-electron chi connectivity index (χ1n) is 4.70. The Morgan fingerprint density at radius 1 is 1.33 bits per heavy atom. The van der Waals surface area contributed by atoms with Gasteiger partial charge in [-0.25, -0.2) is 0 Å². The van der Waals surface area contributed by atoms with E-state index in [1.54, 1.807) is 6.08 Å². The lowest BCUT2D eigenvalue weighted by molar-refractivity contribution is 0.424. The third kappa shape index (κ3) is 2.11. The van der Waals surface area contributed by atoms with Crippen molar-refractivity contribution in [1.82, 2.24) is 0 Å². The van der Waals surface area contributed by atoms with Gasteiger partial charge in [-0.3, -0.25) is 0 Å². The average molecular weight is 202 g/mol. The van der Waals surface area contributed by atoms with Crippen LogP contribution in [0.3, 0.4) is 0 Å². The van der Waals surface area contributed by atoms with Crippen molar-refractivity contribution >= 4 is 24.2 Å². The summed E-state index contributed by atoms with van der Waals surface area (Å²) in [6.07, 6.45) is 1.55. The minimum absolute atomic E-state index is 0.618. The van der Waals surface area contributed by atoms with Gasteiger partial charge in [0.05, 0.1) is 0 Å². The van der Waals surface area contributed by atoms with Crippen LogP contribution in [0.25, 0.3) is 17.0 Å². The maximum absolute atomic E-state index is 8.67. The average Bonchev–Trinajstić information content (AvgIpc) is 2.59. The first-order valence-corrected chi connectivity index (χ1v) is 4.70. The minimum atomic E-state index is -1.45. The summed E-state index contributed by atoms with van der Waals surface area (Å²) >= 11 is 0. The summed E-state index contributed by atoms with van der Waals surface area (Å²) in [5.74, 6) is 1.87. The second-order valence-electron chi connectivity index (χ2n) is 3.41. The van der Waals surface area contributed by atoms with Crippen LogP contribution in [-0.4, -0.2) is 17.2 Å². The molecule has 4 heteroatoms. The standard InChI is InChI=1S/C11H11BO3/c1-8-3-2-4-9-7-10(15-11(8)9)5-6-12(13)14/h2-7,13-14H,1H3/b6-5+. The van der Waals surface area contributed by atoms with E-state index >= 15 is 0 Å². The zero-order valence-corrected chi connectivity index (χ0v) is 8.34. The lowest BCUT2D eigenvalue weighted by Gasteiger charge is -1.91. The molecular formula is C11H11BO3. The number of para-hydroxylation sites is 1. The largest absolute Gasteiger partial charge is 0.480 e. The summed E-state index contributed by atoms with van der Waals surface area (Å²) in [6, 6.07) is 7.75. The van der Waals surface area contributed by atoms with Crippen molar-refractivity contribution in [2.24, 2.45) is 0 Å². The van der Waals surface area contributed by atoms with Gasteiger partial charge in [-0.05, 0) is 24.6 Å². The molecule has 0 aliphatic carbocycles. The Labute approximate surface area is 87.8 Å². The van der Waals surface area contributed by atoms with E-state index in [2.05, 4.69) is 0 Å². The molecule has 0 spiro atoms. The molecule has 0 saturated carbocycles. The number of furan rings is 1. The monoisotopic (exact) mass is 202 g/mol. The van der Waals surface area contributed by atoms with E-state index in [9.17, 15) is 0 Å². The number of rotatable bonds is 2. The predicted octanol–water partition coefficient (Wildman–Crippen LogP) is 1.77. The Morgan fingerprint density at radius 3 is 2.80 bits per heavy atom. The zero-order chi connectivity index (χ0) is 10.8. The maximum atomic E-state index is 8.67. The number of fused-ring (bicyclic) bond motifs is 1. The Bertz CT molecular complexity index is 500. The van der Waals surface area contributed by atoms with E-state index in [4.69, 9.17) is 14.5 Å². The molecule has 2 N–H and O–H groups in total. The van der Waals surface area contributed by atoms with Crippen molar-refractivity contribution in [2.75, 3.05) is 0 Å². The van der Waals surface area contributed by atoms with Crippen molar-refractivity contribution in [3.05, 3.63) is 41.6 Å². The normalized spacial score (nSPS) is 11.4. The molecule has 0 saturated heterocycles. The highest BCUT2D eigenvalue weighted by molar-refractivity contribution is 6.48. The highest BCUT2D eigenvalue weighted by Crippen LogP contribution is 2.23. The van der Waals surface area contributed by atoms with Gasteiger partial charge in [0, 0.05) is 5.39 Å². The topological polar surface area (TPSA) is 53.6 Å². The van der Waals surface area contributed by atoms with Crippen LogP contribution >= 0.6 is 0 Å². The molecule has 1 aromatic carbocycles. The summed E-state index contributed by atoms with van der Waals surface area (Å²) in [7, 11) is -1.45. The SMILES string of the molecule is Cc1cccc2cc(/C=C/B(O)O)oc12. The number of hydrogen-bond donors (Lipinski definition) is 2. The fourth-order valence-electron chi connectivity index (χ4n) is 1.49. The van der Waals surface area contributed by atoms with Crippen LogP contribution in [0.1, 0.15) is 11.3 Å². The van der Waals surface area contributed by atoms with Gasteiger partial charge in [0.15, 0.2) is 0 Å². The van der Waals surface area contributed by atoms with E-state index in [1.165, 1.54) is 5.98 Å². The van der Waals surface area contributed by atoms with Gasteiger partial charge in [-0.2, -0.15) is 0 Å². The van der Waals surface area contributed by atoms with Gasteiger partial charge in [-0.15, -0.1) is 0 Å². The fraction of sp³-hybridized carbons (Fsp3) is 0.0909. The Kier molecular flexibility index (Phi) is 2.62. The summed E-state index contributed by atoms with van der Waals surface area (Å²) in [5, 5.41) is 18.4. The molecule has 0 amide bonds. The summed E-state index contributed by atoms with van der Waals surface area (Å²) in [5.41, 5.74) is 1.90. The van der Waals surface area contributed by atoms with Gasteiger partial charge in [0.25, 0.3) is 0 Å². The van der Waals surface area contributed by atoms with Gasteiger partial charge in [-0.1, -0.05) is 24.2 Å². The molecule has 1 heterocycles. The lowest BCUT2D eigenvalue weighted by Crippen LogP contribution is -2.05. The molecule has 15 heavy (non-hydrogen) atoms. The van der Waals surface area contributed by atoms with Crippen LogP contribution in [0.2, 0.25) is 0 Å². The highest BCUT2D eigenvalue weighted by Gasteiger charge is 2.04. The third-order valence-electron chi connectivity index (χ3n) is 2.19. The summed E-state index contributed by atoms with van der Waals surface area (Å²) in [6.45, 7) is 1.97. The van der Waals surface area contributed by atoms with Crippen LogP contribution in [0.5, 0.6) is 0 Å². The Morgan fingerprint density at radius 2 is 2.13 bits per heavy atom. The fourth-order valence-corrected chi connectivity index (χ4v) is 1.49. The van der Waals surface area contributed by atoms with E-state index in [0.29, 0.717) is 5.76 Å². The number of aryl methyl sites for hydroxylation is 1. The van der Waals surface area contributed by atoms with E-state index < -0.39 is 7.12 Å². The molecule has 0 aliphatic heterocycles. The van der Waals surface area contributed by atoms with Crippen molar-refractivity contribution < 1.29 is 14.5 Å². The molecule has 0 radical (unpaired) electrons. The molecule has 2 aromatic rings. The van der Waals surface area contributed by atoms with Crippen LogP contribution < -0.4 is 0 Å². The molecule has 1 aromatic heterocycles. The molecular weight excluding hydrogens is 191 g/mol. The first-order chi connectivity index (χ1) is 7.16. The predicted molar refractivity (Wildman–Crippen MR) is 60.2 cm³/mol. The van der Waals surface area contributed by atoms with E-state index in [0.717, 1.165) is 16.5 Å². The van der Waals surface area contributed by atoms with Gasteiger partial charge >= 0.3 is 7.12 Å². The molecule has 76 valence electrons. The molecule has 0 aliphatic rings. The lowest BCUT2D eigenvalue weighted by atomic mass is 9.91. The second kappa shape index (κ2) is 3.92. The Balaban J connectivity index is 2.43. The number of hydrogen-bond acceptors (Lipinski definition) is 3. The van der Waals surface area contributed by atoms with Crippen LogP contribution in [0, 0.1) is 6.92 Å². The molecule has 0 fully saturated rings. The third-order valence-corrected chi connectivity index (χ3v) is 2.19. The highest BCUT2D eigenvalue weighted by atomic mass is 16.4. The zero-order valence-electron chi connectivity index (χ0n) is 8.34. The van der Waals surface area contributed by atoms with E-state index in [1.807, 2.05) is 31.2 Å². The van der Waals surface area contributed by atoms with E-state index in [-0.39, 0.29) is 0 Å². The summed E-state index contributed by atoms with van der Waals surface area (Å²) < 4.78 is 5.54. The molecule has 2 rings (SSSR count). The molecule has 3 nitrogen and oxygen atoms in total. The first kappa shape index (κ1) is 10.0. The van der Waals surface area contributed by atoms with Crippen molar-refractivity contribution in [2.45, 2.75) is 6.92 Å². The van der Waals surface area contributed by atoms with Gasteiger partial charge in [0.2, 0.25) is 0 Å². The van der Waals surface area contributed by atoms with Gasteiger partial charge < -0.3 is 14.5 Å². The number of benzene rings is 1. The summed E-state index contributed by atoms with van der Waals surface area (Å²) in [4.78, 5) is 0. The maximum Gasteiger partial charge on any atom is 0.480 e. The second-order valence-corrected chi connectivity index (χ2v) is 3.41. The van der Waals surface area contributed by atoms with Crippen molar-refractivity contribution in [1.29, 1.82) is 0 Å². The van der Waals surface area contributed by atoms with Crippen LogP contribution in [0.4, 0.5) is 0 Å². The molecule has 0 unspecified atom stereocenters. The Hall–Kier alpha value is -1.52. The van der Waals surface area contributed by atoms with Crippen LogP contribution in [-0.2, 0) is 0 Å². The molecule has 0 atom stereocenters. The van der Waals surface area contributed by atoms with Crippen LogP contribution in [0.15, 0.2) is 34.7 Å². The van der Waals surface area contributed by atoms with Gasteiger partial charge in [0.1, 0.15) is 11.3 Å².